The number of amides is 1. The van der Waals surface area contributed by atoms with Crippen molar-refractivity contribution in [2.24, 2.45) is 0 Å². The van der Waals surface area contributed by atoms with Gasteiger partial charge in [0.25, 0.3) is 0 Å². The first-order valence-electron chi connectivity index (χ1n) is 6.28. The topological polar surface area (TPSA) is 77.6 Å². The van der Waals surface area contributed by atoms with Crippen molar-refractivity contribution >= 4 is 22.8 Å². The monoisotopic (exact) mass is 270 g/mol. The van der Waals surface area contributed by atoms with Gasteiger partial charge in [0.05, 0.1) is 18.1 Å². The lowest BCUT2D eigenvalue weighted by Gasteiger charge is -2.07. The number of rotatable bonds is 2. The highest BCUT2D eigenvalue weighted by Crippen LogP contribution is 2.19. The van der Waals surface area contributed by atoms with Gasteiger partial charge in [-0.2, -0.15) is 5.10 Å². The average molecular weight is 270 g/mol. The Morgan fingerprint density at radius 3 is 2.90 bits per heavy atom. The second kappa shape index (κ2) is 4.76. The largest absolute Gasteiger partial charge is 0.331 e. The molecule has 3 rings (SSSR count). The average Bonchev–Trinajstić information content (AvgIpc) is 3.07. The van der Waals surface area contributed by atoms with E-state index in [1.54, 1.807) is 24.8 Å². The molecule has 3 heterocycles. The summed E-state index contributed by atoms with van der Waals surface area (Å²) >= 11 is 0. The minimum atomic E-state index is -0.278. The predicted octanol–water partition coefficient (Wildman–Crippen LogP) is 2.29. The maximum atomic E-state index is 11.9. The van der Waals surface area contributed by atoms with E-state index in [0.717, 1.165) is 11.0 Å². The summed E-state index contributed by atoms with van der Waals surface area (Å²) in [5.41, 5.74) is 1.43. The zero-order valence-electron chi connectivity index (χ0n) is 11.2. The van der Waals surface area contributed by atoms with E-state index in [-0.39, 0.29) is 12.1 Å². The van der Waals surface area contributed by atoms with Gasteiger partial charge in [0.2, 0.25) is 0 Å². The minimum Gasteiger partial charge on any atom is -0.306 e. The molecular weight excluding hydrogens is 256 g/mol. The molecule has 0 fully saturated rings. The third-order valence-electron chi connectivity index (χ3n) is 2.91. The van der Waals surface area contributed by atoms with Crippen LogP contribution in [0.25, 0.3) is 11.0 Å². The number of imidazole rings is 1. The molecule has 3 aromatic heterocycles. The van der Waals surface area contributed by atoms with Gasteiger partial charge in [-0.15, -0.1) is 0 Å². The quantitative estimate of drug-likeness (QED) is 0.775. The van der Waals surface area contributed by atoms with E-state index < -0.39 is 0 Å². The number of nitrogens with zero attached hydrogens (tertiary/aromatic N) is 5. The predicted molar refractivity (Wildman–Crippen MR) is 74.6 cm³/mol. The van der Waals surface area contributed by atoms with Crippen LogP contribution in [0.15, 0.2) is 37.2 Å². The van der Waals surface area contributed by atoms with E-state index in [1.165, 1.54) is 10.9 Å². The first-order chi connectivity index (χ1) is 9.65. The molecule has 0 aromatic carbocycles. The van der Waals surface area contributed by atoms with E-state index in [0.29, 0.717) is 5.69 Å². The van der Waals surface area contributed by atoms with Gasteiger partial charge in [0.1, 0.15) is 6.33 Å². The summed E-state index contributed by atoms with van der Waals surface area (Å²) < 4.78 is 3.21. The normalized spacial score (nSPS) is 11.2. The Bertz CT molecular complexity index is 743. The van der Waals surface area contributed by atoms with Crippen LogP contribution in [0, 0.1) is 0 Å². The molecule has 0 spiro atoms. The summed E-state index contributed by atoms with van der Waals surface area (Å²) in [4.78, 5) is 20.1. The second-order valence-corrected chi connectivity index (χ2v) is 4.72. The van der Waals surface area contributed by atoms with Crippen LogP contribution in [-0.2, 0) is 0 Å². The van der Waals surface area contributed by atoms with Crippen LogP contribution in [0.2, 0.25) is 0 Å². The maximum absolute atomic E-state index is 11.9. The van der Waals surface area contributed by atoms with Gasteiger partial charge in [0.15, 0.2) is 5.65 Å². The fourth-order valence-electron chi connectivity index (χ4n) is 1.95. The number of hydrogen-bond donors (Lipinski definition) is 1. The molecule has 0 radical (unpaired) electrons. The van der Waals surface area contributed by atoms with Crippen LogP contribution in [0.4, 0.5) is 10.5 Å². The molecule has 102 valence electrons. The lowest BCUT2D eigenvalue weighted by molar-refractivity contribution is 0.253. The molecule has 0 unspecified atom stereocenters. The molecule has 7 nitrogen and oxygen atoms in total. The molecule has 0 saturated heterocycles. The van der Waals surface area contributed by atoms with Crippen LogP contribution >= 0.6 is 0 Å². The SMILES string of the molecule is CC(C)n1ncc2cc(NC(=O)n3ccnc3)cnc21. The number of nitrogens with one attached hydrogen (secondary N) is 1. The molecule has 20 heavy (non-hydrogen) atoms. The van der Waals surface area contributed by atoms with Gasteiger partial charge >= 0.3 is 6.03 Å². The van der Waals surface area contributed by atoms with E-state index in [4.69, 9.17) is 0 Å². The smallest absolute Gasteiger partial charge is 0.306 e. The summed E-state index contributed by atoms with van der Waals surface area (Å²) in [6.07, 6.45) is 7.94. The number of hydrogen-bond acceptors (Lipinski definition) is 4. The zero-order chi connectivity index (χ0) is 14.1. The Morgan fingerprint density at radius 1 is 1.35 bits per heavy atom. The van der Waals surface area contributed by atoms with Crippen molar-refractivity contribution in [1.29, 1.82) is 0 Å². The second-order valence-electron chi connectivity index (χ2n) is 4.72. The first kappa shape index (κ1) is 12.3. The van der Waals surface area contributed by atoms with Gasteiger partial charge < -0.3 is 5.32 Å². The molecular formula is C13H14N6O. The summed E-state index contributed by atoms with van der Waals surface area (Å²) in [6.45, 7) is 4.09. The molecule has 0 aliphatic carbocycles. The van der Waals surface area contributed by atoms with Crippen molar-refractivity contribution < 1.29 is 4.79 Å². The number of anilines is 1. The summed E-state index contributed by atoms with van der Waals surface area (Å²) in [5.74, 6) is 0. The van der Waals surface area contributed by atoms with Crippen molar-refractivity contribution in [1.82, 2.24) is 24.3 Å². The van der Waals surface area contributed by atoms with E-state index in [1.807, 2.05) is 24.6 Å². The first-order valence-corrected chi connectivity index (χ1v) is 6.28. The number of carbonyl (C=O) groups excluding carboxylic acids is 1. The van der Waals surface area contributed by atoms with Crippen LogP contribution in [-0.4, -0.2) is 30.3 Å². The number of carbonyl (C=O) groups is 1. The summed E-state index contributed by atoms with van der Waals surface area (Å²) in [5, 5.41) is 7.94. The van der Waals surface area contributed by atoms with Crippen molar-refractivity contribution in [2.75, 3.05) is 5.32 Å². The fraction of sp³-hybridized carbons (Fsp3) is 0.231. The molecule has 1 N–H and O–H groups in total. The Balaban J connectivity index is 1.88. The highest BCUT2D eigenvalue weighted by molar-refractivity contribution is 5.92. The molecule has 0 atom stereocenters. The van der Waals surface area contributed by atoms with Gasteiger partial charge in [-0.3, -0.25) is 4.57 Å². The molecule has 1 amide bonds. The number of pyridine rings is 1. The van der Waals surface area contributed by atoms with Gasteiger partial charge in [-0.1, -0.05) is 0 Å². The highest BCUT2D eigenvalue weighted by Gasteiger charge is 2.09. The van der Waals surface area contributed by atoms with Crippen molar-refractivity contribution in [3.05, 3.63) is 37.2 Å². The van der Waals surface area contributed by atoms with E-state index in [9.17, 15) is 4.79 Å². The zero-order valence-corrected chi connectivity index (χ0v) is 11.2. The Kier molecular flexibility index (Phi) is 2.94. The fourth-order valence-corrected chi connectivity index (χ4v) is 1.95. The number of aromatic nitrogens is 5. The summed E-state index contributed by atoms with van der Waals surface area (Å²) in [6, 6.07) is 1.81. The molecule has 7 heteroatoms. The van der Waals surface area contributed by atoms with Crippen molar-refractivity contribution in [3.63, 3.8) is 0 Å². The van der Waals surface area contributed by atoms with Crippen LogP contribution < -0.4 is 5.32 Å². The number of fused-ring (bicyclic) bond motifs is 1. The van der Waals surface area contributed by atoms with Gasteiger partial charge in [-0.05, 0) is 19.9 Å². The van der Waals surface area contributed by atoms with Crippen LogP contribution in [0.3, 0.4) is 0 Å². The molecule has 0 aliphatic heterocycles. The Morgan fingerprint density at radius 2 is 2.20 bits per heavy atom. The van der Waals surface area contributed by atoms with E-state index in [2.05, 4.69) is 20.4 Å². The van der Waals surface area contributed by atoms with E-state index >= 15 is 0 Å². The van der Waals surface area contributed by atoms with Crippen molar-refractivity contribution in [2.45, 2.75) is 19.9 Å². The molecule has 0 aliphatic rings. The van der Waals surface area contributed by atoms with Crippen molar-refractivity contribution in [3.8, 4) is 0 Å². The standard InChI is InChI=1S/C13H14N6O/c1-9(2)19-12-10(6-16-19)5-11(7-15-12)17-13(20)18-4-3-14-8-18/h3-9H,1-2H3,(H,17,20). The highest BCUT2D eigenvalue weighted by atomic mass is 16.2. The molecule has 0 saturated carbocycles. The lowest BCUT2D eigenvalue weighted by atomic mass is 10.3. The van der Waals surface area contributed by atoms with Gasteiger partial charge in [0, 0.05) is 23.8 Å². The lowest BCUT2D eigenvalue weighted by Crippen LogP contribution is -2.17. The third-order valence-corrected chi connectivity index (χ3v) is 2.91. The van der Waals surface area contributed by atoms with Gasteiger partial charge in [-0.25, -0.2) is 19.4 Å². The third kappa shape index (κ3) is 2.13. The Hall–Kier alpha value is -2.70. The maximum Gasteiger partial charge on any atom is 0.331 e. The Labute approximate surface area is 115 Å². The minimum absolute atomic E-state index is 0.242. The molecule has 3 aromatic rings. The van der Waals surface area contributed by atoms with Crippen LogP contribution in [0.5, 0.6) is 0 Å². The van der Waals surface area contributed by atoms with Crippen LogP contribution in [0.1, 0.15) is 19.9 Å². The molecule has 0 bridgehead atoms. The summed E-state index contributed by atoms with van der Waals surface area (Å²) in [7, 11) is 0.